The number of aromatic carboxylic acids is 1. The van der Waals surface area contributed by atoms with Gasteiger partial charge in [0.05, 0.1) is 30.1 Å². The van der Waals surface area contributed by atoms with Crippen molar-refractivity contribution in [3.63, 3.8) is 0 Å². The SMILES string of the molecule is COC(=O)CC(O)C(O)c1cc(C(=O)O)c(C)c([N+](=O)[O-])c1. The molecule has 0 fully saturated rings. The van der Waals surface area contributed by atoms with Gasteiger partial charge in [0.25, 0.3) is 5.69 Å². The van der Waals surface area contributed by atoms with Crippen molar-refractivity contribution in [1.29, 1.82) is 0 Å². The Kier molecular flexibility index (Phi) is 5.55. The molecule has 0 aliphatic carbocycles. The zero-order chi connectivity index (χ0) is 17.0. The second-order valence-corrected chi connectivity index (χ2v) is 4.57. The number of ether oxygens (including phenoxy) is 1. The number of benzene rings is 1. The van der Waals surface area contributed by atoms with Gasteiger partial charge in [0.15, 0.2) is 0 Å². The van der Waals surface area contributed by atoms with Gasteiger partial charge in [0.2, 0.25) is 0 Å². The summed E-state index contributed by atoms with van der Waals surface area (Å²) in [5, 5.41) is 39.7. The second-order valence-electron chi connectivity index (χ2n) is 4.57. The number of methoxy groups -OCH3 is 1. The summed E-state index contributed by atoms with van der Waals surface area (Å²) in [7, 11) is 1.10. The van der Waals surface area contributed by atoms with Crippen LogP contribution in [0, 0.1) is 17.0 Å². The van der Waals surface area contributed by atoms with E-state index in [0.29, 0.717) is 0 Å². The van der Waals surface area contributed by atoms with E-state index in [0.717, 1.165) is 19.2 Å². The van der Waals surface area contributed by atoms with Crippen LogP contribution in [0.4, 0.5) is 5.69 Å². The number of nitro groups is 1. The van der Waals surface area contributed by atoms with Crippen LogP contribution in [0.3, 0.4) is 0 Å². The molecule has 0 saturated carbocycles. The van der Waals surface area contributed by atoms with Gasteiger partial charge in [-0.15, -0.1) is 0 Å². The highest BCUT2D eigenvalue weighted by molar-refractivity contribution is 5.91. The van der Waals surface area contributed by atoms with Gasteiger partial charge in [-0.25, -0.2) is 4.79 Å². The zero-order valence-electron chi connectivity index (χ0n) is 11.8. The molecule has 2 unspecified atom stereocenters. The molecule has 2 atom stereocenters. The predicted molar refractivity (Wildman–Crippen MR) is 72.4 cm³/mol. The van der Waals surface area contributed by atoms with E-state index in [1.165, 1.54) is 6.92 Å². The Hall–Kier alpha value is -2.52. The van der Waals surface area contributed by atoms with Crippen LogP contribution < -0.4 is 0 Å². The van der Waals surface area contributed by atoms with Gasteiger partial charge < -0.3 is 20.1 Å². The van der Waals surface area contributed by atoms with Gasteiger partial charge in [-0.1, -0.05) is 0 Å². The van der Waals surface area contributed by atoms with Crippen molar-refractivity contribution < 1.29 is 34.6 Å². The molecule has 0 amide bonds. The van der Waals surface area contributed by atoms with Gasteiger partial charge in [-0.05, 0) is 18.6 Å². The molecule has 1 rings (SSSR count). The largest absolute Gasteiger partial charge is 0.478 e. The number of aliphatic hydroxyl groups is 2. The molecule has 0 heterocycles. The smallest absolute Gasteiger partial charge is 0.336 e. The zero-order valence-corrected chi connectivity index (χ0v) is 11.8. The summed E-state index contributed by atoms with van der Waals surface area (Å²) in [5.41, 5.74) is -1.12. The normalized spacial score (nSPS) is 13.3. The molecule has 9 heteroatoms. The number of nitrogens with zero attached hydrogens (tertiary/aromatic N) is 1. The molecule has 120 valence electrons. The Morgan fingerprint density at radius 2 is 1.95 bits per heavy atom. The Morgan fingerprint density at radius 1 is 1.36 bits per heavy atom. The number of carboxylic acids is 1. The topological polar surface area (TPSA) is 147 Å². The molecule has 22 heavy (non-hydrogen) atoms. The number of hydrogen-bond donors (Lipinski definition) is 3. The van der Waals surface area contributed by atoms with Crippen LogP contribution in [0.1, 0.15) is 34.0 Å². The maximum absolute atomic E-state index is 11.1. The first-order valence-electron chi connectivity index (χ1n) is 6.14. The number of carboxylic acid groups (broad SMARTS) is 1. The molecule has 1 aromatic carbocycles. The first-order chi connectivity index (χ1) is 10.2. The lowest BCUT2D eigenvalue weighted by Crippen LogP contribution is -2.23. The fraction of sp³-hybridized carbons (Fsp3) is 0.385. The van der Waals surface area contributed by atoms with E-state index < -0.39 is 41.2 Å². The monoisotopic (exact) mass is 313 g/mol. The minimum atomic E-state index is -1.67. The van der Waals surface area contributed by atoms with Crippen LogP contribution in [-0.4, -0.2) is 45.4 Å². The van der Waals surface area contributed by atoms with Gasteiger partial charge in [-0.3, -0.25) is 14.9 Å². The number of rotatable bonds is 6. The quantitative estimate of drug-likeness (QED) is 0.392. The number of carbonyl (C=O) groups is 2. The van der Waals surface area contributed by atoms with E-state index in [1.807, 2.05) is 0 Å². The van der Waals surface area contributed by atoms with E-state index >= 15 is 0 Å². The number of nitro benzene ring substituents is 1. The van der Waals surface area contributed by atoms with Gasteiger partial charge >= 0.3 is 11.9 Å². The molecule has 0 aliphatic rings. The lowest BCUT2D eigenvalue weighted by Gasteiger charge is -2.18. The molecule has 0 radical (unpaired) electrons. The van der Waals surface area contributed by atoms with Crippen LogP contribution in [0.25, 0.3) is 0 Å². The summed E-state index contributed by atoms with van der Waals surface area (Å²) in [6, 6.07) is 1.99. The molecule has 9 nitrogen and oxygen atoms in total. The van der Waals surface area contributed by atoms with Crippen molar-refractivity contribution in [1.82, 2.24) is 0 Å². The average molecular weight is 313 g/mol. The fourth-order valence-corrected chi connectivity index (χ4v) is 1.89. The number of hydrogen-bond acceptors (Lipinski definition) is 7. The third-order valence-electron chi connectivity index (χ3n) is 3.14. The highest BCUT2D eigenvalue weighted by Gasteiger charge is 2.27. The predicted octanol–water partition coefficient (Wildman–Crippen LogP) is 0.559. The van der Waals surface area contributed by atoms with E-state index in [1.54, 1.807) is 0 Å². The molecular formula is C13H15NO8. The lowest BCUT2D eigenvalue weighted by molar-refractivity contribution is -0.385. The van der Waals surface area contributed by atoms with Crippen molar-refractivity contribution in [3.05, 3.63) is 38.9 Å². The first kappa shape index (κ1) is 17.5. The minimum Gasteiger partial charge on any atom is -0.478 e. The van der Waals surface area contributed by atoms with Crippen LogP contribution in [0.5, 0.6) is 0 Å². The maximum atomic E-state index is 11.1. The maximum Gasteiger partial charge on any atom is 0.336 e. The van der Waals surface area contributed by atoms with Gasteiger partial charge in [0, 0.05) is 11.6 Å². The molecule has 0 aliphatic heterocycles. The van der Waals surface area contributed by atoms with E-state index in [2.05, 4.69) is 4.74 Å². The summed E-state index contributed by atoms with van der Waals surface area (Å²) >= 11 is 0. The van der Waals surface area contributed by atoms with Crippen LogP contribution in [0.2, 0.25) is 0 Å². The number of esters is 1. The summed E-state index contributed by atoms with van der Waals surface area (Å²) in [5.74, 6) is -2.19. The second kappa shape index (κ2) is 6.96. The van der Waals surface area contributed by atoms with Crippen molar-refractivity contribution in [3.8, 4) is 0 Å². The first-order valence-corrected chi connectivity index (χ1v) is 6.14. The van der Waals surface area contributed by atoms with Crippen molar-refractivity contribution in [2.45, 2.75) is 25.6 Å². The third-order valence-corrected chi connectivity index (χ3v) is 3.14. The molecule has 0 bridgehead atoms. The third kappa shape index (κ3) is 3.77. The van der Waals surface area contributed by atoms with E-state index in [4.69, 9.17) is 5.11 Å². The number of aliphatic hydroxyl groups excluding tert-OH is 2. The van der Waals surface area contributed by atoms with Crippen molar-refractivity contribution in [2.75, 3.05) is 7.11 Å². The molecular weight excluding hydrogens is 298 g/mol. The summed E-state index contributed by atoms with van der Waals surface area (Å²) < 4.78 is 4.34. The van der Waals surface area contributed by atoms with E-state index in [9.17, 15) is 29.9 Å². The Labute approximate surface area is 124 Å². The Morgan fingerprint density at radius 3 is 2.41 bits per heavy atom. The summed E-state index contributed by atoms with van der Waals surface area (Å²) in [4.78, 5) is 32.4. The van der Waals surface area contributed by atoms with Crippen LogP contribution >= 0.6 is 0 Å². The average Bonchev–Trinajstić information content (AvgIpc) is 2.45. The Balaban J connectivity index is 3.26. The Bertz CT molecular complexity index is 577. The highest BCUT2D eigenvalue weighted by atomic mass is 16.6. The van der Waals surface area contributed by atoms with Crippen LogP contribution in [-0.2, 0) is 9.53 Å². The fourth-order valence-electron chi connectivity index (χ4n) is 1.89. The van der Waals surface area contributed by atoms with Crippen LogP contribution in [0.15, 0.2) is 12.1 Å². The van der Waals surface area contributed by atoms with Gasteiger partial charge in [-0.2, -0.15) is 0 Å². The summed E-state index contributed by atoms with van der Waals surface area (Å²) in [6.07, 6.45) is -3.80. The van der Waals surface area contributed by atoms with Crippen molar-refractivity contribution >= 4 is 17.6 Å². The highest BCUT2D eigenvalue weighted by Crippen LogP contribution is 2.29. The van der Waals surface area contributed by atoms with E-state index in [-0.39, 0.29) is 16.7 Å². The molecule has 0 spiro atoms. The molecule has 0 saturated heterocycles. The minimum absolute atomic E-state index is 0.0732. The number of carbonyl (C=O) groups excluding carboxylic acids is 1. The molecule has 0 aromatic heterocycles. The lowest BCUT2D eigenvalue weighted by atomic mass is 9.96. The summed E-state index contributed by atoms with van der Waals surface area (Å²) in [6.45, 7) is 1.27. The van der Waals surface area contributed by atoms with Crippen molar-refractivity contribution in [2.24, 2.45) is 0 Å². The standard InChI is InChI=1S/C13H15NO8/c1-6-8(13(18)19)3-7(4-9(6)14(20)21)12(17)10(15)5-11(16)22-2/h3-4,10,12,15,17H,5H2,1-2H3,(H,18,19). The molecule has 3 N–H and O–H groups in total. The molecule has 1 aromatic rings. The van der Waals surface area contributed by atoms with Gasteiger partial charge in [0.1, 0.15) is 6.10 Å².